The first kappa shape index (κ1) is 10.5. The van der Waals surface area contributed by atoms with Crippen LogP contribution in [0.1, 0.15) is 49.7 Å². The summed E-state index contributed by atoms with van der Waals surface area (Å²) in [6, 6.07) is 6.60. The molecule has 1 nitrogen and oxygen atoms in total. The largest absolute Gasteiger partial charge is 0.399 e. The van der Waals surface area contributed by atoms with Crippen molar-refractivity contribution >= 4 is 5.69 Å². The molecule has 0 spiro atoms. The van der Waals surface area contributed by atoms with Gasteiger partial charge < -0.3 is 5.73 Å². The smallest absolute Gasteiger partial charge is 0.0346 e. The first-order valence-electron chi connectivity index (χ1n) is 6.04. The van der Waals surface area contributed by atoms with Crippen LogP contribution in [0.25, 0.3) is 0 Å². The van der Waals surface area contributed by atoms with Gasteiger partial charge in [0.05, 0.1) is 0 Å². The standard InChI is InChI=1S/C14H21N/c1-10-5-3-4-6-13(10)12-8-7-11(2)14(15)9-12/h7-10,13H,3-6,15H2,1-2H3/t10-,13+/m1/s1. The van der Waals surface area contributed by atoms with Crippen LogP contribution >= 0.6 is 0 Å². The maximum Gasteiger partial charge on any atom is 0.0346 e. The Morgan fingerprint density at radius 2 is 1.93 bits per heavy atom. The predicted molar refractivity (Wildman–Crippen MR) is 66.0 cm³/mol. The molecule has 2 atom stereocenters. The summed E-state index contributed by atoms with van der Waals surface area (Å²) in [5.41, 5.74) is 9.57. The lowest BCUT2D eigenvalue weighted by atomic mass is 9.76. The van der Waals surface area contributed by atoms with Crippen molar-refractivity contribution in [1.29, 1.82) is 0 Å². The van der Waals surface area contributed by atoms with E-state index in [1.165, 1.54) is 36.8 Å². The molecule has 1 aliphatic carbocycles. The zero-order chi connectivity index (χ0) is 10.8. The molecule has 0 radical (unpaired) electrons. The monoisotopic (exact) mass is 203 g/mol. The van der Waals surface area contributed by atoms with Crippen LogP contribution in [-0.2, 0) is 0 Å². The van der Waals surface area contributed by atoms with Crippen LogP contribution in [0.2, 0.25) is 0 Å². The number of hydrogen-bond donors (Lipinski definition) is 1. The van der Waals surface area contributed by atoms with Crippen LogP contribution in [0.5, 0.6) is 0 Å². The van der Waals surface area contributed by atoms with Gasteiger partial charge in [0.25, 0.3) is 0 Å². The molecule has 15 heavy (non-hydrogen) atoms. The summed E-state index contributed by atoms with van der Waals surface area (Å²) in [6.07, 6.45) is 5.49. The number of nitrogens with two attached hydrogens (primary N) is 1. The number of rotatable bonds is 1. The van der Waals surface area contributed by atoms with Crippen molar-refractivity contribution in [2.24, 2.45) is 5.92 Å². The number of hydrogen-bond acceptors (Lipinski definition) is 1. The molecule has 82 valence electrons. The Hall–Kier alpha value is -0.980. The van der Waals surface area contributed by atoms with Crippen molar-refractivity contribution in [3.63, 3.8) is 0 Å². The fraction of sp³-hybridized carbons (Fsp3) is 0.571. The summed E-state index contributed by atoms with van der Waals surface area (Å²) in [5.74, 6) is 1.56. The summed E-state index contributed by atoms with van der Waals surface area (Å²) in [5, 5.41) is 0. The van der Waals surface area contributed by atoms with Crippen molar-refractivity contribution in [3.8, 4) is 0 Å². The van der Waals surface area contributed by atoms with Gasteiger partial charge >= 0.3 is 0 Å². The van der Waals surface area contributed by atoms with Gasteiger partial charge in [-0.1, -0.05) is 38.3 Å². The summed E-state index contributed by atoms with van der Waals surface area (Å²) in [6.45, 7) is 4.45. The molecule has 2 N–H and O–H groups in total. The van der Waals surface area contributed by atoms with Gasteiger partial charge in [-0.05, 0) is 42.4 Å². The van der Waals surface area contributed by atoms with Crippen molar-refractivity contribution < 1.29 is 0 Å². The Bertz CT molecular complexity index is 343. The topological polar surface area (TPSA) is 26.0 Å². The molecule has 1 heteroatoms. The molecule has 1 aromatic rings. The van der Waals surface area contributed by atoms with E-state index in [0.29, 0.717) is 0 Å². The molecule has 2 rings (SSSR count). The molecule has 0 heterocycles. The highest BCUT2D eigenvalue weighted by molar-refractivity contribution is 5.49. The second kappa shape index (κ2) is 4.26. The van der Waals surface area contributed by atoms with Gasteiger partial charge in [-0.2, -0.15) is 0 Å². The molecule has 0 aromatic heterocycles. The van der Waals surface area contributed by atoms with Gasteiger partial charge in [0.1, 0.15) is 0 Å². The maximum absolute atomic E-state index is 5.97. The second-order valence-corrected chi connectivity index (χ2v) is 4.98. The normalized spacial score (nSPS) is 26.5. The third-order valence-corrected chi connectivity index (χ3v) is 3.84. The molecule has 1 aliphatic rings. The molecular formula is C14H21N. The van der Waals surface area contributed by atoms with E-state index < -0.39 is 0 Å². The van der Waals surface area contributed by atoms with Crippen LogP contribution < -0.4 is 5.73 Å². The van der Waals surface area contributed by atoms with Crippen LogP contribution in [0.3, 0.4) is 0 Å². The van der Waals surface area contributed by atoms with E-state index in [-0.39, 0.29) is 0 Å². The Morgan fingerprint density at radius 1 is 1.20 bits per heavy atom. The van der Waals surface area contributed by atoms with E-state index in [0.717, 1.165) is 17.5 Å². The molecule has 0 saturated heterocycles. The van der Waals surface area contributed by atoms with Gasteiger partial charge in [0.15, 0.2) is 0 Å². The van der Waals surface area contributed by atoms with E-state index in [4.69, 9.17) is 5.73 Å². The van der Waals surface area contributed by atoms with Gasteiger partial charge in [0, 0.05) is 5.69 Å². The summed E-state index contributed by atoms with van der Waals surface area (Å²) < 4.78 is 0. The van der Waals surface area contributed by atoms with E-state index in [1.54, 1.807) is 0 Å². The van der Waals surface area contributed by atoms with E-state index >= 15 is 0 Å². The molecule has 1 aromatic carbocycles. The highest BCUT2D eigenvalue weighted by Crippen LogP contribution is 2.38. The lowest BCUT2D eigenvalue weighted by molar-refractivity contribution is 0.330. The highest BCUT2D eigenvalue weighted by atomic mass is 14.6. The molecule has 0 aliphatic heterocycles. The second-order valence-electron chi connectivity index (χ2n) is 4.98. The molecule has 1 fully saturated rings. The number of aryl methyl sites for hydroxylation is 1. The third kappa shape index (κ3) is 2.17. The predicted octanol–water partition coefficient (Wildman–Crippen LogP) is 3.87. The summed E-state index contributed by atoms with van der Waals surface area (Å²) in [7, 11) is 0. The van der Waals surface area contributed by atoms with Crippen molar-refractivity contribution in [2.75, 3.05) is 5.73 Å². The molecule has 0 amide bonds. The fourth-order valence-electron chi connectivity index (χ4n) is 2.70. The Labute approximate surface area is 92.7 Å². The van der Waals surface area contributed by atoms with E-state index in [9.17, 15) is 0 Å². The minimum atomic E-state index is 0.738. The Kier molecular flexibility index (Phi) is 2.99. The Morgan fingerprint density at radius 3 is 2.60 bits per heavy atom. The number of nitrogen functional groups attached to an aromatic ring is 1. The fourth-order valence-corrected chi connectivity index (χ4v) is 2.70. The van der Waals surface area contributed by atoms with Crippen molar-refractivity contribution in [1.82, 2.24) is 0 Å². The zero-order valence-electron chi connectivity index (χ0n) is 9.79. The average Bonchev–Trinajstić information content (AvgIpc) is 2.23. The Balaban J connectivity index is 2.24. The molecule has 1 saturated carbocycles. The van der Waals surface area contributed by atoms with Gasteiger partial charge in [-0.25, -0.2) is 0 Å². The zero-order valence-corrected chi connectivity index (χ0v) is 9.79. The van der Waals surface area contributed by atoms with Crippen LogP contribution in [0.15, 0.2) is 18.2 Å². The van der Waals surface area contributed by atoms with Crippen LogP contribution in [0.4, 0.5) is 5.69 Å². The van der Waals surface area contributed by atoms with Crippen molar-refractivity contribution in [3.05, 3.63) is 29.3 Å². The number of anilines is 1. The van der Waals surface area contributed by atoms with E-state index in [2.05, 4.69) is 32.0 Å². The summed E-state index contributed by atoms with van der Waals surface area (Å²) >= 11 is 0. The molecule has 0 bridgehead atoms. The van der Waals surface area contributed by atoms with Crippen LogP contribution in [-0.4, -0.2) is 0 Å². The van der Waals surface area contributed by atoms with Crippen molar-refractivity contribution in [2.45, 2.75) is 45.4 Å². The quantitative estimate of drug-likeness (QED) is 0.689. The minimum Gasteiger partial charge on any atom is -0.399 e. The first-order chi connectivity index (χ1) is 7.18. The first-order valence-corrected chi connectivity index (χ1v) is 6.04. The van der Waals surface area contributed by atoms with E-state index in [1.807, 2.05) is 0 Å². The maximum atomic E-state index is 5.97. The van der Waals surface area contributed by atoms with Gasteiger partial charge in [-0.15, -0.1) is 0 Å². The van der Waals surface area contributed by atoms with Crippen LogP contribution in [0, 0.1) is 12.8 Å². The lowest BCUT2D eigenvalue weighted by Crippen LogP contribution is -2.15. The number of benzene rings is 1. The van der Waals surface area contributed by atoms with Gasteiger partial charge in [-0.3, -0.25) is 0 Å². The SMILES string of the molecule is Cc1ccc([C@H]2CCCC[C@H]2C)cc1N. The minimum absolute atomic E-state index is 0.738. The average molecular weight is 203 g/mol. The molecular weight excluding hydrogens is 182 g/mol. The third-order valence-electron chi connectivity index (χ3n) is 3.84. The summed E-state index contributed by atoms with van der Waals surface area (Å²) in [4.78, 5) is 0. The highest BCUT2D eigenvalue weighted by Gasteiger charge is 2.22. The van der Waals surface area contributed by atoms with Gasteiger partial charge in [0.2, 0.25) is 0 Å². The lowest BCUT2D eigenvalue weighted by Gasteiger charge is -2.29. The molecule has 0 unspecified atom stereocenters.